The van der Waals surface area contributed by atoms with Crippen molar-refractivity contribution in [2.45, 2.75) is 86.1 Å². The molecule has 0 aromatic heterocycles. The topological polar surface area (TPSA) is 55.4 Å². The summed E-state index contributed by atoms with van der Waals surface area (Å²) in [7, 11) is -2.89. The van der Waals surface area contributed by atoms with Gasteiger partial charge in [0.2, 0.25) is 0 Å². The Hall–Kier alpha value is 0.150. The summed E-state index contributed by atoms with van der Waals surface area (Å²) in [6.07, 6.45) is 9.91. The van der Waals surface area contributed by atoms with Gasteiger partial charge in [-0.1, -0.05) is 0 Å². The second-order valence-corrected chi connectivity index (χ2v) is 11.4. The van der Waals surface area contributed by atoms with E-state index in [2.05, 4.69) is 5.32 Å². The van der Waals surface area contributed by atoms with Crippen LogP contribution >= 0.6 is 11.8 Å². The average molecular weight is 380 g/mol. The van der Waals surface area contributed by atoms with Crippen LogP contribution in [-0.2, 0) is 14.6 Å². The quantitative estimate of drug-likeness (QED) is 0.794. The van der Waals surface area contributed by atoms with Crippen molar-refractivity contribution < 1.29 is 17.5 Å². The van der Waals surface area contributed by atoms with Gasteiger partial charge < -0.3 is 4.74 Å². The van der Waals surface area contributed by atoms with E-state index in [4.69, 9.17) is 4.74 Å². The summed E-state index contributed by atoms with van der Waals surface area (Å²) in [4.78, 5) is 0. The van der Waals surface area contributed by atoms with E-state index in [0.717, 1.165) is 51.4 Å². The van der Waals surface area contributed by atoms with Crippen LogP contribution in [0.1, 0.15) is 57.8 Å². The molecule has 0 radical (unpaired) electrons. The van der Waals surface area contributed by atoms with Crippen LogP contribution in [0.25, 0.3) is 0 Å². The molecule has 7 heteroatoms. The third-order valence-electron chi connectivity index (χ3n) is 5.81. The molecule has 1 saturated carbocycles. The molecule has 3 fully saturated rings. The molecule has 3 rings (SSSR count). The fourth-order valence-electron chi connectivity index (χ4n) is 4.36. The second kappa shape index (κ2) is 8.23. The number of piperidine rings is 1. The first-order valence-electron chi connectivity index (χ1n) is 9.28. The van der Waals surface area contributed by atoms with E-state index < -0.39 is 15.3 Å². The highest BCUT2D eigenvalue weighted by atomic mass is 32.2. The molecular weight excluding hydrogens is 349 g/mol. The Morgan fingerprint density at radius 2 is 1.83 bits per heavy atom. The highest BCUT2D eigenvalue weighted by Crippen LogP contribution is 2.36. The van der Waals surface area contributed by atoms with Gasteiger partial charge >= 0.3 is 0 Å². The fraction of sp³-hybridized carbons (Fsp3) is 1.00. The zero-order chi connectivity index (χ0) is 17.2. The fourth-order valence-corrected chi connectivity index (χ4v) is 6.61. The molecule has 1 N–H and O–H groups in total. The minimum Gasteiger partial charge on any atom is -0.362 e. The predicted octanol–water partition coefficient (Wildman–Crippen LogP) is 3.27. The molecule has 140 valence electrons. The molecular formula is C17H30FNO3S2. The molecule has 4 atom stereocenters. The molecule has 0 spiro atoms. The van der Waals surface area contributed by atoms with Gasteiger partial charge in [0.15, 0.2) is 0 Å². The Balaban J connectivity index is 1.42. The summed E-state index contributed by atoms with van der Waals surface area (Å²) in [5.74, 6) is 0.561. The number of ether oxygens (including phenoxy) is 1. The van der Waals surface area contributed by atoms with Gasteiger partial charge in [-0.05, 0) is 63.7 Å². The summed E-state index contributed by atoms with van der Waals surface area (Å²) >= 11 is 1.41. The van der Waals surface area contributed by atoms with E-state index in [1.807, 2.05) is 0 Å². The summed E-state index contributed by atoms with van der Waals surface area (Å²) in [5.41, 5.74) is -0.712. The number of sulfone groups is 1. The SMILES string of the molecule is CS(=O)(=O)C1CCC(C2CCCC(OCC3CCC(F)S3)N2)CC1. The number of thioether (sulfide) groups is 1. The van der Waals surface area contributed by atoms with E-state index in [-0.39, 0.29) is 11.5 Å². The zero-order valence-electron chi connectivity index (χ0n) is 14.5. The number of halogens is 1. The van der Waals surface area contributed by atoms with Gasteiger partial charge in [-0.15, -0.1) is 11.8 Å². The van der Waals surface area contributed by atoms with Crippen LogP contribution in [0.5, 0.6) is 0 Å². The Morgan fingerprint density at radius 1 is 1.08 bits per heavy atom. The van der Waals surface area contributed by atoms with Crippen LogP contribution in [0.3, 0.4) is 0 Å². The summed E-state index contributed by atoms with van der Waals surface area (Å²) in [6, 6.07) is 0.439. The van der Waals surface area contributed by atoms with Crippen LogP contribution in [0.4, 0.5) is 4.39 Å². The minimum atomic E-state index is -2.89. The van der Waals surface area contributed by atoms with Gasteiger partial charge in [0.05, 0.1) is 11.9 Å². The Labute approximate surface area is 149 Å². The zero-order valence-corrected chi connectivity index (χ0v) is 16.1. The maximum absolute atomic E-state index is 13.2. The van der Waals surface area contributed by atoms with Crippen molar-refractivity contribution in [3.63, 3.8) is 0 Å². The van der Waals surface area contributed by atoms with Crippen molar-refractivity contribution in [1.29, 1.82) is 0 Å². The molecule has 24 heavy (non-hydrogen) atoms. The van der Waals surface area contributed by atoms with Crippen molar-refractivity contribution >= 4 is 21.6 Å². The summed E-state index contributed by atoms with van der Waals surface area (Å²) in [6.45, 7) is 0.635. The molecule has 3 aliphatic rings. The molecule has 0 aromatic rings. The van der Waals surface area contributed by atoms with Gasteiger partial charge in [0, 0.05) is 17.5 Å². The first kappa shape index (κ1) is 18.9. The monoisotopic (exact) mass is 379 g/mol. The number of alkyl halides is 1. The maximum atomic E-state index is 13.2. The Kier molecular flexibility index (Phi) is 6.49. The second-order valence-electron chi connectivity index (χ2n) is 7.64. The molecule has 1 aliphatic carbocycles. The molecule has 4 unspecified atom stereocenters. The Morgan fingerprint density at radius 3 is 2.46 bits per heavy atom. The smallest absolute Gasteiger partial charge is 0.150 e. The van der Waals surface area contributed by atoms with Gasteiger partial charge in [0.25, 0.3) is 0 Å². The van der Waals surface area contributed by atoms with Crippen LogP contribution in [0.15, 0.2) is 0 Å². The highest BCUT2D eigenvalue weighted by molar-refractivity contribution is 8.00. The van der Waals surface area contributed by atoms with E-state index in [0.29, 0.717) is 30.2 Å². The van der Waals surface area contributed by atoms with Crippen LogP contribution < -0.4 is 5.32 Å². The number of nitrogens with one attached hydrogen (secondary N) is 1. The first-order valence-corrected chi connectivity index (χ1v) is 12.2. The van der Waals surface area contributed by atoms with Crippen LogP contribution in [0, 0.1) is 5.92 Å². The van der Waals surface area contributed by atoms with Crippen molar-refractivity contribution in [2.75, 3.05) is 12.9 Å². The molecule has 0 bridgehead atoms. The average Bonchev–Trinajstić information content (AvgIpc) is 2.98. The molecule has 2 heterocycles. The van der Waals surface area contributed by atoms with Crippen molar-refractivity contribution in [3.8, 4) is 0 Å². The lowest BCUT2D eigenvalue weighted by molar-refractivity contribution is -0.00962. The lowest BCUT2D eigenvalue weighted by atomic mass is 9.80. The van der Waals surface area contributed by atoms with Crippen molar-refractivity contribution in [1.82, 2.24) is 5.32 Å². The van der Waals surface area contributed by atoms with Crippen LogP contribution in [-0.4, -0.2) is 49.6 Å². The largest absolute Gasteiger partial charge is 0.362 e. The maximum Gasteiger partial charge on any atom is 0.150 e. The molecule has 0 amide bonds. The standard InChI is InChI=1S/C17H30FNO3S2/c1-24(20,21)14-8-5-12(6-9-14)15-3-2-4-17(19-15)22-11-13-7-10-16(18)23-13/h12-17,19H,2-11H2,1H3. The third kappa shape index (κ3) is 5.08. The predicted molar refractivity (Wildman–Crippen MR) is 96.6 cm³/mol. The first-order chi connectivity index (χ1) is 11.4. The lowest BCUT2D eigenvalue weighted by Gasteiger charge is -2.39. The summed E-state index contributed by atoms with van der Waals surface area (Å²) < 4.78 is 42.6. The van der Waals surface area contributed by atoms with Crippen molar-refractivity contribution in [2.24, 2.45) is 5.92 Å². The normalized spacial score (nSPS) is 41.4. The molecule has 2 saturated heterocycles. The van der Waals surface area contributed by atoms with Gasteiger partial charge in [-0.25, -0.2) is 12.8 Å². The third-order valence-corrected chi connectivity index (χ3v) is 8.78. The van der Waals surface area contributed by atoms with E-state index in [1.54, 1.807) is 0 Å². The summed E-state index contributed by atoms with van der Waals surface area (Å²) in [5, 5.41) is 3.79. The highest BCUT2D eigenvalue weighted by Gasteiger charge is 2.34. The Bertz CT molecular complexity index is 508. The molecule has 4 nitrogen and oxygen atoms in total. The van der Waals surface area contributed by atoms with E-state index in [1.165, 1.54) is 18.0 Å². The van der Waals surface area contributed by atoms with Gasteiger partial charge in [-0.2, -0.15) is 0 Å². The van der Waals surface area contributed by atoms with E-state index >= 15 is 0 Å². The minimum absolute atomic E-state index is 0.0793. The molecule has 2 aliphatic heterocycles. The number of rotatable bonds is 5. The van der Waals surface area contributed by atoms with Crippen molar-refractivity contribution in [3.05, 3.63) is 0 Å². The number of hydrogen-bond acceptors (Lipinski definition) is 5. The van der Waals surface area contributed by atoms with Gasteiger partial charge in [0.1, 0.15) is 21.6 Å². The van der Waals surface area contributed by atoms with Crippen LogP contribution in [0.2, 0.25) is 0 Å². The lowest BCUT2D eigenvalue weighted by Crippen LogP contribution is -2.49. The molecule has 0 aromatic carbocycles. The van der Waals surface area contributed by atoms with Gasteiger partial charge in [-0.3, -0.25) is 5.32 Å². The number of hydrogen-bond donors (Lipinski definition) is 1. The van der Waals surface area contributed by atoms with E-state index in [9.17, 15) is 12.8 Å².